The van der Waals surface area contributed by atoms with Crippen molar-refractivity contribution in [2.24, 2.45) is 0 Å². The fourth-order valence-corrected chi connectivity index (χ4v) is 6.33. The molecule has 0 spiro atoms. The number of nitrogens with zero attached hydrogens (tertiary/aromatic N) is 4. The highest BCUT2D eigenvalue weighted by molar-refractivity contribution is 7.91. The van der Waals surface area contributed by atoms with Gasteiger partial charge in [0.1, 0.15) is 5.52 Å². The number of anilines is 1. The Bertz CT molecular complexity index is 1550. The monoisotopic (exact) mass is 465 g/mol. The van der Waals surface area contributed by atoms with Gasteiger partial charge in [0.15, 0.2) is 27.0 Å². The van der Waals surface area contributed by atoms with Crippen LogP contribution in [0.1, 0.15) is 58.9 Å². The molecule has 1 amide bonds. The van der Waals surface area contributed by atoms with Gasteiger partial charge in [-0.05, 0) is 50.5 Å². The number of benzene rings is 1. The van der Waals surface area contributed by atoms with E-state index in [2.05, 4.69) is 15.4 Å². The minimum atomic E-state index is -3.08. The van der Waals surface area contributed by atoms with Gasteiger partial charge in [0.25, 0.3) is 5.91 Å². The summed E-state index contributed by atoms with van der Waals surface area (Å²) < 4.78 is 31.4. The van der Waals surface area contributed by atoms with Gasteiger partial charge in [0, 0.05) is 24.2 Å². The fraction of sp³-hybridized carbons (Fsp3) is 0.391. The summed E-state index contributed by atoms with van der Waals surface area (Å²) in [7, 11) is -3.08. The first-order valence-corrected chi connectivity index (χ1v) is 12.9. The Balaban J connectivity index is 1.43. The molecule has 0 radical (unpaired) electrons. The van der Waals surface area contributed by atoms with E-state index in [1.165, 1.54) is 0 Å². The molecular formula is C23H23N5O4S. The number of hydrogen-bond acceptors (Lipinski definition) is 7. The molecule has 1 aliphatic carbocycles. The van der Waals surface area contributed by atoms with Crippen LogP contribution in [-0.2, 0) is 9.84 Å². The lowest BCUT2D eigenvalue weighted by Gasteiger charge is -2.12. The van der Waals surface area contributed by atoms with Crippen LogP contribution >= 0.6 is 0 Å². The van der Waals surface area contributed by atoms with Crippen molar-refractivity contribution in [1.82, 2.24) is 19.7 Å². The predicted octanol–water partition coefficient (Wildman–Crippen LogP) is 3.68. The number of aryl methyl sites for hydroxylation is 2. The SMILES string of the molecule is Cc1nc2cc(NC(=O)c3cc(C4CC4)nc4c3c(C)nn4[C@@H]3CCS(=O)(=O)C3)ccc2o1. The number of carbonyl (C=O) groups is 1. The first-order valence-electron chi connectivity index (χ1n) is 11.1. The zero-order valence-electron chi connectivity index (χ0n) is 18.3. The number of carbonyl (C=O) groups excluding carboxylic acids is 1. The summed E-state index contributed by atoms with van der Waals surface area (Å²) in [5, 5.41) is 8.28. The van der Waals surface area contributed by atoms with Gasteiger partial charge in [0.05, 0.1) is 34.2 Å². The van der Waals surface area contributed by atoms with Crippen LogP contribution in [0.5, 0.6) is 0 Å². The topological polar surface area (TPSA) is 120 Å². The summed E-state index contributed by atoms with van der Waals surface area (Å²) in [6.45, 7) is 3.61. The average Bonchev–Trinajstić information content (AvgIpc) is 3.35. The molecule has 2 aliphatic rings. The smallest absolute Gasteiger partial charge is 0.256 e. The predicted molar refractivity (Wildman–Crippen MR) is 123 cm³/mol. The van der Waals surface area contributed by atoms with Crippen LogP contribution in [0.3, 0.4) is 0 Å². The van der Waals surface area contributed by atoms with Crippen molar-refractivity contribution in [2.45, 2.75) is 45.1 Å². The molecule has 10 heteroatoms. The lowest BCUT2D eigenvalue weighted by Crippen LogP contribution is -2.15. The third kappa shape index (κ3) is 3.58. The van der Waals surface area contributed by atoms with E-state index in [4.69, 9.17) is 9.40 Å². The van der Waals surface area contributed by atoms with Gasteiger partial charge in [0.2, 0.25) is 0 Å². The molecule has 1 aromatic carbocycles. The molecular weight excluding hydrogens is 442 g/mol. The van der Waals surface area contributed by atoms with Gasteiger partial charge < -0.3 is 9.73 Å². The zero-order chi connectivity index (χ0) is 22.9. The highest BCUT2D eigenvalue weighted by Gasteiger charge is 2.34. The van der Waals surface area contributed by atoms with E-state index < -0.39 is 9.84 Å². The van der Waals surface area contributed by atoms with Crippen molar-refractivity contribution >= 4 is 43.6 Å². The Morgan fingerprint density at radius 2 is 1.97 bits per heavy atom. The molecule has 4 aromatic rings. The molecule has 6 rings (SSSR count). The molecule has 1 saturated carbocycles. The maximum atomic E-state index is 13.4. The summed E-state index contributed by atoms with van der Waals surface area (Å²) in [6, 6.07) is 6.95. The second-order valence-electron chi connectivity index (χ2n) is 9.02. The first-order chi connectivity index (χ1) is 15.8. The number of rotatable bonds is 4. The van der Waals surface area contributed by atoms with E-state index in [0.717, 1.165) is 18.5 Å². The molecule has 3 aromatic heterocycles. The van der Waals surface area contributed by atoms with Crippen LogP contribution in [0, 0.1) is 13.8 Å². The second-order valence-corrected chi connectivity index (χ2v) is 11.3. The minimum Gasteiger partial charge on any atom is -0.441 e. The van der Waals surface area contributed by atoms with Crippen LogP contribution in [0.2, 0.25) is 0 Å². The van der Waals surface area contributed by atoms with Gasteiger partial charge >= 0.3 is 0 Å². The van der Waals surface area contributed by atoms with E-state index in [1.54, 1.807) is 29.8 Å². The number of sulfone groups is 1. The molecule has 170 valence electrons. The van der Waals surface area contributed by atoms with Crippen molar-refractivity contribution in [3.05, 3.63) is 47.1 Å². The molecule has 2 fully saturated rings. The van der Waals surface area contributed by atoms with Gasteiger partial charge in [-0.25, -0.2) is 23.1 Å². The Labute approximate surface area is 190 Å². The van der Waals surface area contributed by atoms with Crippen LogP contribution in [0.15, 0.2) is 28.7 Å². The van der Waals surface area contributed by atoms with Gasteiger partial charge in [-0.15, -0.1) is 0 Å². The minimum absolute atomic E-state index is 0.0528. The number of hydrogen-bond donors (Lipinski definition) is 1. The summed E-state index contributed by atoms with van der Waals surface area (Å²) in [6.07, 6.45) is 2.58. The summed E-state index contributed by atoms with van der Waals surface area (Å²) >= 11 is 0. The maximum absolute atomic E-state index is 13.4. The van der Waals surface area contributed by atoms with Crippen molar-refractivity contribution < 1.29 is 17.6 Å². The summed E-state index contributed by atoms with van der Waals surface area (Å²) in [5.41, 5.74) is 4.57. The number of nitrogens with one attached hydrogen (secondary N) is 1. The summed E-state index contributed by atoms with van der Waals surface area (Å²) in [4.78, 5) is 22.6. The third-order valence-corrected chi connectivity index (χ3v) is 8.15. The molecule has 1 aliphatic heterocycles. The van der Waals surface area contributed by atoms with Crippen molar-refractivity contribution in [2.75, 3.05) is 16.8 Å². The largest absolute Gasteiger partial charge is 0.441 e. The first kappa shape index (κ1) is 20.3. The number of oxazole rings is 1. The molecule has 4 heterocycles. The quantitative estimate of drug-likeness (QED) is 0.488. The van der Waals surface area contributed by atoms with Gasteiger partial charge in [-0.1, -0.05) is 0 Å². The standard InChI is InChI=1S/C23H23N5O4S/c1-12-21-17(23(29)25-15-5-6-20-19(9-15)24-13(2)32-20)10-18(14-3-4-14)26-22(21)28(27-12)16-7-8-33(30,31)11-16/h5-6,9-10,14,16H,3-4,7-8,11H2,1-2H3,(H,25,29)/t16-/m1/s1. The molecule has 33 heavy (non-hydrogen) atoms. The summed E-state index contributed by atoms with van der Waals surface area (Å²) in [5.74, 6) is 0.835. The van der Waals surface area contributed by atoms with E-state index in [-0.39, 0.29) is 23.5 Å². The Morgan fingerprint density at radius 3 is 2.70 bits per heavy atom. The van der Waals surface area contributed by atoms with E-state index in [1.807, 2.05) is 13.0 Å². The van der Waals surface area contributed by atoms with Crippen molar-refractivity contribution in [3.63, 3.8) is 0 Å². The van der Waals surface area contributed by atoms with E-state index in [0.29, 0.717) is 57.3 Å². The van der Waals surface area contributed by atoms with Crippen LogP contribution in [0.25, 0.3) is 22.1 Å². The van der Waals surface area contributed by atoms with Gasteiger partial charge in [-0.2, -0.15) is 5.10 Å². The Hall–Kier alpha value is -3.27. The number of pyridine rings is 1. The van der Waals surface area contributed by atoms with Gasteiger partial charge in [-0.3, -0.25) is 4.79 Å². The Kier molecular flexibility index (Phi) is 4.39. The number of amides is 1. The third-order valence-electron chi connectivity index (χ3n) is 6.40. The van der Waals surface area contributed by atoms with Crippen molar-refractivity contribution in [1.29, 1.82) is 0 Å². The zero-order valence-corrected chi connectivity index (χ0v) is 19.1. The average molecular weight is 466 g/mol. The molecule has 0 bridgehead atoms. The highest BCUT2D eigenvalue weighted by Crippen LogP contribution is 2.41. The molecule has 0 unspecified atom stereocenters. The van der Waals surface area contributed by atoms with Crippen LogP contribution < -0.4 is 5.32 Å². The highest BCUT2D eigenvalue weighted by atomic mass is 32.2. The van der Waals surface area contributed by atoms with E-state index >= 15 is 0 Å². The lowest BCUT2D eigenvalue weighted by molar-refractivity contribution is 0.102. The van der Waals surface area contributed by atoms with Crippen molar-refractivity contribution in [3.8, 4) is 0 Å². The maximum Gasteiger partial charge on any atom is 0.256 e. The molecule has 1 atom stereocenters. The van der Waals surface area contributed by atoms with Crippen LogP contribution in [-0.4, -0.2) is 45.6 Å². The second kappa shape index (κ2) is 7.11. The van der Waals surface area contributed by atoms with Crippen LogP contribution in [0.4, 0.5) is 5.69 Å². The number of aromatic nitrogens is 4. The number of fused-ring (bicyclic) bond motifs is 2. The molecule has 1 N–H and O–H groups in total. The fourth-order valence-electron chi connectivity index (χ4n) is 4.64. The normalized spacial score (nSPS) is 20.0. The molecule has 9 nitrogen and oxygen atoms in total. The Morgan fingerprint density at radius 1 is 1.15 bits per heavy atom. The van der Waals surface area contributed by atoms with E-state index in [9.17, 15) is 13.2 Å². The molecule has 1 saturated heterocycles. The lowest BCUT2D eigenvalue weighted by atomic mass is 10.1.